The van der Waals surface area contributed by atoms with Crippen molar-refractivity contribution in [1.29, 1.82) is 0 Å². The maximum Gasteiger partial charge on any atom is 0.274 e. The molecule has 0 N–H and O–H groups in total. The van der Waals surface area contributed by atoms with Gasteiger partial charge in [-0.3, -0.25) is 14.9 Å². The van der Waals surface area contributed by atoms with Gasteiger partial charge in [-0.25, -0.2) is 4.68 Å². The molecule has 0 spiro atoms. The molecule has 1 saturated heterocycles. The zero-order valence-corrected chi connectivity index (χ0v) is 16.5. The van der Waals surface area contributed by atoms with E-state index >= 15 is 0 Å². The van der Waals surface area contributed by atoms with E-state index < -0.39 is 4.92 Å². The first-order chi connectivity index (χ1) is 14.5. The second-order valence-corrected chi connectivity index (χ2v) is 6.90. The summed E-state index contributed by atoms with van der Waals surface area (Å²) in [5.74, 6) is 0.629. The molecule has 1 aromatic heterocycles. The number of piperazine rings is 1. The molecule has 0 unspecified atom stereocenters. The number of nitro groups is 1. The number of methoxy groups -OCH3 is 1. The smallest absolute Gasteiger partial charge is 0.274 e. The van der Waals surface area contributed by atoms with Crippen molar-refractivity contribution in [3.63, 3.8) is 0 Å². The highest BCUT2D eigenvalue weighted by Gasteiger charge is 2.24. The van der Waals surface area contributed by atoms with Crippen molar-refractivity contribution in [3.8, 4) is 11.4 Å². The summed E-state index contributed by atoms with van der Waals surface area (Å²) in [6, 6.07) is 15.7. The van der Waals surface area contributed by atoms with Gasteiger partial charge in [0, 0.05) is 50.2 Å². The van der Waals surface area contributed by atoms with E-state index in [0.717, 1.165) is 17.1 Å². The lowest BCUT2D eigenvalue weighted by Crippen LogP contribution is -2.48. The zero-order valence-electron chi connectivity index (χ0n) is 16.5. The Labute approximate surface area is 173 Å². The van der Waals surface area contributed by atoms with E-state index in [-0.39, 0.29) is 11.6 Å². The molecule has 4 rings (SSSR count). The quantitative estimate of drug-likeness (QED) is 0.477. The largest absolute Gasteiger partial charge is 0.497 e. The summed E-state index contributed by atoms with van der Waals surface area (Å²) < 4.78 is 6.82. The molecular weight excluding hydrogens is 386 g/mol. The van der Waals surface area contributed by atoms with Crippen LogP contribution in [0.1, 0.15) is 10.5 Å². The summed E-state index contributed by atoms with van der Waals surface area (Å²) in [6.07, 6.45) is 1.76. The topological polar surface area (TPSA) is 93.7 Å². The van der Waals surface area contributed by atoms with Crippen LogP contribution in [0.2, 0.25) is 0 Å². The first kappa shape index (κ1) is 19.4. The van der Waals surface area contributed by atoms with Crippen LogP contribution in [-0.2, 0) is 0 Å². The molecule has 9 nitrogen and oxygen atoms in total. The Balaban J connectivity index is 1.40. The molecule has 154 valence electrons. The lowest BCUT2D eigenvalue weighted by Gasteiger charge is -2.35. The van der Waals surface area contributed by atoms with Crippen LogP contribution in [0.4, 0.5) is 11.4 Å². The Morgan fingerprint density at radius 3 is 2.43 bits per heavy atom. The Hall–Kier alpha value is -3.88. The fourth-order valence-electron chi connectivity index (χ4n) is 3.45. The summed E-state index contributed by atoms with van der Waals surface area (Å²) in [6.45, 7) is 2.26. The predicted molar refractivity (Wildman–Crippen MR) is 111 cm³/mol. The molecular formula is C21H21N5O4. The van der Waals surface area contributed by atoms with Crippen molar-refractivity contribution >= 4 is 17.3 Å². The van der Waals surface area contributed by atoms with E-state index in [1.165, 1.54) is 6.07 Å². The van der Waals surface area contributed by atoms with E-state index in [9.17, 15) is 14.9 Å². The summed E-state index contributed by atoms with van der Waals surface area (Å²) >= 11 is 0. The number of rotatable bonds is 5. The summed E-state index contributed by atoms with van der Waals surface area (Å²) in [5.41, 5.74) is 2.08. The number of aromatic nitrogens is 2. The van der Waals surface area contributed by atoms with Gasteiger partial charge in [0.1, 0.15) is 5.75 Å². The number of carbonyl (C=O) groups excluding carboxylic acids is 1. The van der Waals surface area contributed by atoms with E-state index in [2.05, 4.69) is 5.10 Å². The summed E-state index contributed by atoms with van der Waals surface area (Å²) in [7, 11) is 1.61. The van der Waals surface area contributed by atoms with E-state index in [4.69, 9.17) is 4.74 Å². The monoisotopic (exact) mass is 407 g/mol. The van der Waals surface area contributed by atoms with Crippen molar-refractivity contribution in [1.82, 2.24) is 14.7 Å². The second kappa shape index (κ2) is 8.24. The standard InChI is InChI=1S/C21H21N5O4/c1-30-19-7-5-16(6-8-19)25-10-9-20(22-25)21(27)24-13-11-23(12-14-24)17-3-2-4-18(15-17)26(28)29/h2-10,15H,11-14H2,1H3. The molecule has 2 heterocycles. The Kier molecular flexibility index (Phi) is 5.34. The minimum atomic E-state index is -0.400. The minimum Gasteiger partial charge on any atom is -0.497 e. The predicted octanol–water partition coefficient (Wildman–Crippen LogP) is 2.75. The van der Waals surface area contributed by atoms with Crippen molar-refractivity contribution in [2.45, 2.75) is 0 Å². The molecule has 1 fully saturated rings. The van der Waals surface area contributed by atoms with Crippen molar-refractivity contribution < 1.29 is 14.5 Å². The molecule has 9 heteroatoms. The number of non-ortho nitro benzene ring substituents is 1. The third kappa shape index (κ3) is 3.95. The number of nitro benzene ring substituents is 1. The summed E-state index contributed by atoms with van der Waals surface area (Å²) in [4.78, 5) is 27.2. The Bertz CT molecular complexity index is 1060. The molecule has 0 radical (unpaired) electrons. The van der Waals surface area contributed by atoms with Crippen LogP contribution >= 0.6 is 0 Å². The normalized spacial score (nSPS) is 13.9. The minimum absolute atomic E-state index is 0.0649. The highest BCUT2D eigenvalue weighted by molar-refractivity contribution is 5.92. The highest BCUT2D eigenvalue weighted by atomic mass is 16.6. The van der Waals surface area contributed by atoms with Gasteiger partial charge in [0.15, 0.2) is 5.69 Å². The fraction of sp³-hybridized carbons (Fsp3) is 0.238. The Morgan fingerprint density at radius 1 is 1.03 bits per heavy atom. The first-order valence-corrected chi connectivity index (χ1v) is 9.54. The van der Waals surface area contributed by atoms with Gasteiger partial charge in [0.2, 0.25) is 0 Å². The second-order valence-electron chi connectivity index (χ2n) is 6.90. The number of ether oxygens (including phenoxy) is 1. The zero-order chi connectivity index (χ0) is 21.1. The van der Waals surface area contributed by atoms with Crippen LogP contribution in [0.3, 0.4) is 0 Å². The third-order valence-electron chi connectivity index (χ3n) is 5.12. The number of amides is 1. The average Bonchev–Trinajstić information content (AvgIpc) is 3.29. The van der Waals surface area contributed by atoms with E-state index in [1.54, 1.807) is 41.1 Å². The van der Waals surface area contributed by atoms with Gasteiger partial charge >= 0.3 is 0 Å². The molecule has 0 aliphatic carbocycles. The van der Waals surface area contributed by atoms with Crippen LogP contribution in [-0.4, -0.2) is 58.8 Å². The molecule has 2 aromatic carbocycles. The Morgan fingerprint density at radius 2 is 1.77 bits per heavy atom. The number of anilines is 1. The van der Waals surface area contributed by atoms with Gasteiger partial charge in [0.05, 0.1) is 17.7 Å². The number of hydrogen-bond donors (Lipinski definition) is 0. The number of nitrogens with zero attached hydrogens (tertiary/aromatic N) is 5. The molecule has 3 aromatic rings. The molecule has 1 aliphatic rings. The van der Waals surface area contributed by atoms with E-state index in [1.807, 2.05) is 35.2 Å². The van der Waals surface area contributed by atoms with Gasteiger partial charge in [-0.2, -0.15) is 5.10 Å². The third-order valence-corrected chi connectivity index (χ3v) is 5.12. The number of carbonyl (C=O) groups is 1. The maximum absolute atomic E-state index is 12.9. The van der Waals surface area contributed by atoms with Crippen molar-refractivity contribution in [2.24, 2.45) is 0 Å². The van der Waals surface area contributed by atoms with Gasteiger partial charge < -0.3 is 14.5 Å². The molecule has 1 aliphatic heterocycles. The molecule has 0 bridgehead atoms. The molecule has 0 saturated carbocycles. The van der Waals surface area contributed by atoms with Crippen LogP contribution in [0.5, 0.6) is 5.75 Å². The molecule has 0 atom stereocenters. The van der Waals surface area contributed by atoms with Gasteiger partial charge in [-0.05, 0) is 36.4 Å². The van der Waals surface area contributed by atoms with Crippen molar-refractivity contribution in [3.05, 3.63) is 76.6 Å². The van der Waals surface area contributed by atoms with Crippen LogP contribution in [0.25, 0.3) is 5.69 Å². The van der Waals surface area contributed by atoms with Crippen LogP contribution < -0.4 is 9.64 Å². The number of benzene rings is 2. The van der Waals surface area contributed by atoms with Gasteiger partial charge in [-0.1, -0.05) is 6.07 Å². The van der Waals surface area contributed by atoms with E-state index in [0.29, 0.717) is 31.9 Å². The SMILES string of the molecule is COc1ccc(-n2ccc(C(=O)N3CCN(c4cccc([N+](=O)[O-])c4)CC3)n2)cc1. The lowest BCUT2D eigenvalue weighted by molar-refractivity contribution is -0.384. The fourth-order valence-corrected chi connectivity index (χ4v) is 3.45. The van der Waals surface area contributed by atoms with Gasteiger partial charge in [-0.15, -0.1) is 0 Å². The van der Waals surface area contributed by atoms with Crippen LogP contribution in [0.15, 0.2) is 60.8 Å². The summed E-state index contributed by atoms with van der Waals surface area (Å²) in [5, 5.41) is 15.4. The van der Waals surface area contributed by atoms with Gasteiger partial charge in [0.25, 0.3) is 11.6 Å². The maximum atomic E-state index is 12.9. The highest BCUT2D eigenvalue weighted by Crippen LogP contribution is 2.22. The van der Waals surface area contributed by atoms with Crippen LogP contribution in [0, 0.1) is 10.1 Å². The first-order valence-electron chi connectivity index (χ1n) is 9.54. The molecule has 30 heavy (non-hydrogen) atoms. The number of hydrogen-bond acceptors (Lipinski definition) is 6. The van der Waals surface area contributed by atoms with Crippen molar-refractivity contribution in [2.75, 3.05) is 38.2 Å². The molecule has 1 amide bonds. The average molecular weight is 407 g/mol. The lowest BCUT2D eigenvalue weighted by atomic mass is 10.2.